The van der Waals surface area contributed by atoms with E-state index in [1.54, 1.807) is 32.0 Å². The number of carbonyl (C=O) groups excluding carboxylic acids is 2. The first kappa shape index (κ1) is 21.0. The van der Waals surface area contributed by atoms with E-state index in [9.17, 15) is 9.59 Å². The maximum absolute atomic E-state index is 12.5. The Kier molecular flexibility index (Phi) is 7.90. The third-order valence-electron chi connectivity index (χ3n) is 3.75. The van der Waals surface area contributed by atoms with E-state index >= 15 is 0 Å². The number of hydrogen-bond acceptors (Lipinski definition) is 5. The van der Waals surface area contributed by atoms with Crippen molar-refractivity contribution in [2.45, 2.75) is 59.2 Å². The summed E-state index contributed by atoms with van der Waals surface area (Å²) in [5, 5.41) is 2.81. The molecule has 6 heteroatoms. The Morgan fingerprint density at radius 1 is 1.24 bits per heavy atom. The van der Waals surface area contributed by atoms with Crippen molar-refractivity contribution in [3.8, 4) is 5.75 Å². The van der Waals surface area contributed by atoms with Crippen LogP contribution < -0.4 is 10.1 Å². The lowest BCUT2D eigenvalue weighted by Crippen LogP contribution is -2.41. The normalized spacial score (nSPS) is 13.2. The van der Waals surface area contributed by atoms with Crippen molar-refractivity contribution in [3.05, 3.63) is 23.8 Å². The standard InChI is InChI=1S/C19H29NO5/c1-7-11-19(5,23-6)18(22)20-14-9-10-16(25-13(3)4)15(12-14)17(21)24-8-2/h9-10,12-13H,7-8,11H2,1-6H3,(H,20,22). The van der Waals surface area contributed by atoms with E-state index in [1.165, 1.54) is 7.11 Å². The quantitative estimate of drug-likeness (QED) is 0.685. The van der Waals surface area contributed by atoms with Gasteiger partial charge in [-0.1, -0.05) is 13.3 Å². The van der Waals surface area contributed by atoms with E-state index < -0.39 is 11.6 Å². The van der Waals surface area contributed by atoms with Crippen molar-refractivity contribution in [2.75, 3.05) is 19.0 Å². The summed E-state index contributed by atoms with van der Waals surface area (Å²) in [7, 11) is 1.51. The van der Waals surface area contributed by atoms with E-state index in [0.29, 0.717) is 17.9 Å². The zero-order chi connectivity index (χ0) is 19.0. The summed E-state index contributed by atoms with van der Waals surface area (Å²) in [6.07, 6.45) is 1.32. The second-order valence-corrected chi connectivity index (χ2v) is 6.24. The van der Waals surface area contributed by atoms with Crippen LogP contribution in [0.15, 0.2) is 18.2 Å². The van der Waals surface area contributed by atoms with Crippen molar-refractivity contribution >= 4 is 17.6 Å². The van der Waals surface area contributed by atoms with Crippen molar-refractivity contribution in [3.63, 3.8) is 0 Å². The summed E-state index contributed by atoms with van der Waals surface area (Å²) < 4.78 is 16.1. The highest BCUT2D eigenvalue weighted by Crippen LogP contribution is 2.26. The van der Waals surface area contributed by atoms with Gasteiger partial charge in [-0.05, 0) is 52.3 Å². The summed E-state index contributed by atoms with van der Waals surface area (Å²) in [5.74, 6) is -0.323. The molecule has 1 atom stereocenters. The fraction of sp³-hybridized carbons (Fsp3) is 0.579. The Morgan fingerprint density at radius 2 is 1.92 bits per heavy atom. The Balaban J connectivity index is 3.10. The first-order valence-electron chi connectivity index (χ1n) is 8.61. The molecule has 1 amide bonds. The lowest BCUT2D eigenvalue weighted by molar-refractivity contribution is -0.136. The van der Waals surface area contributed by atoms with Gasteiger partial charge in [-0.15, -0.1) is 0 Å². The van der Waals surface area contributed by atoms with Crippen LogP contribution in [0.25, 0.3) is 0 Å². The van der Waals surface area contributed by atoms with Gasteiger partial charge in [0.25, 0.3) is 5.91 Å². The summed E-state index contributed by atoms with van der Waals surface area (Å²) in [6.45, 7) is 9.48. The fourth-order valence-electron chi connectivity index (χ4n) is 2.38. The van der Waals surface area contributed by atoms with Crippen LogP contribution in [0.2, 0.25) is 0 Å². The Bertz CT molecular complexity index is 599. The molecule has 25 heavy (non-hydrogen) atoms. The van der Waals surface area contributed by atoms with Gasteiger partial charge in [-0.3, -0.25) is 4.79 Å². The van der Waals surface area contributed by atoms with Crippen molar-refractivity contribution in [1.29, 1.82) is 0 Å². The van der Waals surface area contributed by atoms with Crippen LogP contribution in [0.5, 0.6) is 5.75 Å². The maximum Gasteiger partial charge on any atom is 0.341 e. The predicted molar refractivity (Wildman–Crippen MR) is 97.1 cm³/mol. The molecular weight excluding hydrogens is 322 g/mol. The molecule has 0 fully saturated rings. The number of ether oxygens (including phenoxy) is 3. The molecule has 1 unspecified atom stereocenters. The van der Waals surface area contributed by atoms with E-state index in [4.69, 9.17) is 14.2 Å². The maximum atomic E-state index is 12.5. The molecule has 0 saturated heterocycles. The van der Waals surface area contributed by atoms with Crippen LogP contribution >= 0.6 is 0 Å². The van der Waals surface area contributed by atoms with Gasteiger partial charge in [0.1, 0.15) is 16.9 Å². The average molecular weight is 351 g/mol. The number of rotatable bonds is 9. The lowest BCUT2D eigenvalue weighted by Gasteiger charge is -2.26. The summed E-state index contributed by atoms with van der Waals surface area (Å²) in [4.78, 5) is 24.7. The molecule has 0 radical (unpaired) electrons. The second kappa shape index (κ2) is 9.42. The molecule has 1 N–H and O–H groups in total. The number of nitrogens with one attached hydrogen (secondary N) is 1. The summed E-state index contributed by atoms with van der Waals surface area (Å²) in [6, 6.07) is 4.92. The van der Waals surface area contributed by atoms with Crippen LogP contribution in [0.1, 0.15) is 57.8 Å². The molecule has 1 rings (SSSR count). The van der Waals surface area contributed by atoms with Crippen molar-refractivity contribution in [2.24, 2.45) is 0 Å². The Hall–Kier alpha value is -2.08. The molecule has 0 aliphatic heterocycles. The first-order chi connectivity index (χ1) is 11.8. The Morgan fingerprint density at radius 3 is 2.44 bits per heavy atom. The van der Waals surface area contributed by atoms with Gasteiger partial charge in [-0.25, -0.2) is 4.79 Å². The number of hydrogen-bond donors (Lipinski definition) is 1. The molecule has 0 aliphatic carbocycles. The van der Waals surface area contributed by atoms with Gasteiger partial charge in [-0.2, -0.15) is 0 Å². The number of anilines is 1. The third-order valence-corrected chi connectivity index (χ3v) is 3.75. The fourth-order valence-corrected chi connectivity index (χ4v) is 2.38. The molecule has 0 spiro atoms. The summed E-state index contributed by atoms with van der Waals surface area (Å²) >= 11 is 0. The highest BCUT2D eigenvalue weighted by atomic mass is 16.5. The van der Waals surface area contributed by atoms with E-state index in [-0.39, 0.29) is 24.2 Å². The largest absolute Gasteiger partial charge is 0.490 e. The minimum absolute atomic E-state index is 0.0880. The zero-order valence-electron chi connectivity index (χ0n) is 16.0. The molecule has 1 aromatic carbocycles. The minimum Gasteiger partial charge on any atom is -0.490 e. The number of methoxy groups -OCH3 is 1. The number of carbonyl (C=O) groups is 2. The van der Waals surface area contributed by atoms with Gasteiger partial charge in [0.05, 0.1) is 12.7 Å². The van der Waals surface area contributed by atoms with E-state index in [1.807, 2.05) is 20.8 Å². The molecule has 140 valence electrons. The van der Waals surface area contributed by atoms with Gasteiger partial charge in [0.15, 0.2) is 0 Å². The van der Waals surface area contributed by atoms with Crippen LogP contribution in [-0.4, -0.2) is 37.3 Å². The second-order valence-electron chi connectivity index (χ2n) is 6.24. The molecule has 1 aromatic rings. The van der Waals surface area contributed by atoms with Crippen LogP contribution in [0, 0.1) is 0 Å². The smallest absolute Gasteiger partial charge is 0.341 e. The minimum atomic E-state index is -0.925. The predicted octanol–water partition coefficient (Wildman–Crippen LogP) is 3.79. The van der Waals surface area contributed by atoms with Crippen LogP contribution in [0.3, 0.4) is 0 Å². The third kappa shape index (κ3) is 5.74. The molecular formula is C19H29NO5. The zero-order valence-corrected chi connectivity index (χ0v) is 16.0. The highest BCUT2D eigenvalue weighted by Gasteiger charge is 2.32. The molecule has 6 nitrogen and oxygen atoms in total. The number of esters is 1. The highest BCUT2D eigenvalue weighted by molar-refractivity contribution is 5.99. The molecule has 0 saturated carbocycles. The first-order valence-corrected chi connectivity index (χ1v) is 8.61. The van der Waals surface area contributed by atoms with Gasteiger partial charge >= 0.3 is 5.97 Å². The summed E-state index contributed by atoms with van der Waals surface area (Å²) in [5.41, 5.74) is -0.155. The van der Waals surface area contributed by atoms with Gasteiger partial charge in [0.2, 0.25) is 0 Å². The molecule has 0 aliphatic rings. The van der Waals surface area contributed by atoms with Gasteiger partial charge in [0, 0.05) is 12.8 Å². The topological polar surface area (TPSA) is 73.9 Å². The van der Waals surface area contributed by atoms with E-state index in [2.05, 4.69) is 5.32 Å². The SMILES string of the molecule is CCCC(C)(OC)C(=O)Nc1ccc(OC(C)C)c(C(=O)OCC)c1. The van der Waals surface area contributed by atoms with Crippen LogP contribution in [0.4, 0.5) is 5.69 Å². The molecule has 0 bridgehead atoms. The van der Waals surface area contributed by atoms with Crippen molar-refractivity contribution in [1.82, 2.24) is 0 Å². The average Bonchev–Trinajstić information content (AvgIpc) is 2.56. The van der Waals surface area contributed by atoms with E-state index in [0.717, 1.165) is 6.42 Å². The van der Waals surface area contributed by atoms with Gasteiger partial charge < -0.3 is 19.5 Å². The van der Waals surface area contributed by atoms with Crippen molar-refractivity contribution < 1.29 is 23.8 Å². The van der Waals surface area contributed by atoms with Crippen LogP contribution in [-0.2, 0) is 14.3 Å². The molecule has 0 aromatic heterocycles. The number of amides is 1. The Labute approximate surface area is 149 Å². The number of benzene rings is 1. The lowest BCUT2D eigenvalue weighted by atomic mass is 9.99. The monoisotopic (exact) mass is 351 g/mol. The molecule has 0 heterocycles.